The van der Waals surface area contributed by atoms with Gasteiger partial charge in [0.1, 0.15) is 5.83 Å². The van der Waals surface area contributed by atoms with Crippen molar-refractivity contribution in [3.63, 3.8) is 0 Å². The van der Waals surface area contributed by atoms with E-state index in [9.17, 15) is 17.6 Å². The maximum atomic E-state index is 13.2. The van der Waals surface area contributed by atoms with Crippen LogP contribution in [0.2, 0.25) is 0 Å². The van der Waals surface area contributed by atoms with E-state index in [-0.39, 0.29) is 11.8 Å². The molecule has 208 valence electrons. The Bertz CT molecular complexity index is 1100. The second-order valence-corrected chi connectivity index (χ2v) is 8.59. The van der Waals surface area contributed by atoms with Gasteiger partial charge in [0, 0.05) is 30.9 Å². The molecule has 2 aromatic carbocycles. The van der Waals surface area contributed by atoms with Crippen LogP contribution in [-0.4, -0.2) is 38.0 Å². The monoisotopic (exact) mass is 536 g/mol. The van der Waals surface area contributed by atoms with E-state index in [0.29, 0.717) is 30.3 Å². The summed E-state index contributed by atoms with van der Waals surface area (Å²) >= 11 is 0. The van der Waals surface area contributed by atoms with Gasteiger partial charge >= 0.3 is 6.18 Å². The lowest BCUT2D eigenvalue weighted by Gasteiger charge is -2.21. The highest BCUT2D eigenvalue weighted by Crippen LogP contribution is 2.31. The molecule has 1 unspecified atom stereocenters. The van der Waals surface area contributed by atoms with E-state index in [2.05, 4.69) is 33.1 Å². The van der Waals surface area contributed by atoms with Crippen LogP contribution < -0.4 is 21.8 Å². The fourth-order valence-corrected chi connectivity index (χ4v) is 3.36. The molecule has 0 bridgehead atoms. The van der Waals surface area contributed by atoms with Gasteiger partial charge in [-0.3, -0.25) is 0 Å². The van der Waals surface area contributed by atoms with Crippen molar-refractivity contribution in [2.75, 3.05) is 25.0 Å². The van der Waals surface area contributed by atoms with Crippen molar-refractivity contribution >= 4 is 23.5 Å². The number of nitrogens with one attached hydrogen (secondary N) is 3. The van der Waals surface area contributed by atoms with Crippen molar-refractivity contribution in [2.24, 2.45) is 15.8 Å². The maximum Gasteiger partial charge on any atom is 0.416 e. The number of ether oxygens (including phenoxy) is 1. The number of nitrogens with two attached hydrogens (primary N) is 1. The molecule has 2 aromatic rings. The molecule has 0 radical (unpaired) electrons. The minimum Gasteiger partial charge on any atom is -0.376 e. The van der Waals surface area contributed by atoms with E-state index in [1.54, 1.807) is 24.3 Å². The summed E-state index contributed by atoms with van der Waals surface area (Å²) in [5.74, 6) is -0.427. The van der Waals surface area contributed by atoms with E-state index in [4.69, 9.17) is 10.5 Å². The van der Waals surface area contributed by atoms with Crippen LogP contribution >= 0.6 is 0 Å². The first kappa shape index (κ1) is 30.8. The molecular formula is C27H36F4N6O. The number of halogens is 4. The molecule has 3 rings (SSSR count). The molecule has 0 aromatic heterocycles. The first-order chi connectivity index (χ1) is 18.1. The quantitative estimate of drug-likeness (QED) is 0.144. The molecule has 11 heteroatoms. The molecule has 0 spiro atoms. The second-order valence-electron chi connectivity index (χ2n) is 8.59. The number of allylic oxidation sites excluding steroid dienone is 1. The van der Waals surface area contributed by atoms with Gasteiger partial charge in [0.15, 0.2) is 0 Å². The number of alkyl halides is 3. The highest BCUT2D eigenvalue weighted by atomic mass is 19.4. The van der Waals surface area contributed by atoms with Gasteiger partial charge in [-0.05, 0) is 61.2 Å². The standard InChI is InChI=1S/C21H23F4N5.C6H13NO/c1-3-5-17(22)13-27-20(26)30-28-12-15-8-9-19(10-14(15)2)29-18-7-4-6-16(11-18)21(23,24)25;1-2-6-5-7-3-4-8-6/h4,6-13,29H,3,5H2,1-2H3,(H3,26,27,30);6-7H,2-5H2,1H3/b17-13+,28-12+;. The molecular weight excluding hydrogens is 500 g/mol. The molecule has 1 aliphatic heterocycles. The third-order valence-corrected chi connectivity index (χ3v) is 5.42. The number of aliphatic imine (C=N–C) groups is 1. The molecule has 1 heterocycles. The summed E-state index contributed by atoms with van der Waals surface area (Å²) in [6.45, 7) is 8.79. The van der Waals surface area contributed by atoms with Crippen LogP contribution in [-0.2, 0) is 10.9 Å². The summed E-state index contributed by atoms with van der Waals surface area (Å²) in [5, 5.41) is 10.2. The van der Waals surface area contributed by atoms with Crippen molar-refractivity contribution in [1.29, 1.82) is 0 Å². The number of nitrogens with zero attached hydrogens (tertiary/aromatic N) is 2. The van der Waals surface area contributed by atoms with E-state index in [1.165, 1.54) is 12.3 Å². The van der Waals surface area contributed by atoms with Crippen LogP contribution in [0.3, 0.4) is 0 Å². The Morgan fingerprint density at radius 2 is 1.95 bits per heavy atom. The lowest BCUT2D eigenvalue weighted by atomic mass is 10.1. The molecule has 7 nitrogen and oxygen atoms in total. The Morgan fingerprint density at radius 1 is 1.18 bits per heavy atom. The largest absolute Gasteiger partial charge is 0.416 e. The zero-order valence-corrected chi connectivity index (χ0v) is 21.9. The van der Waals surface area contributed by atoms with Gasteiger partial charge in [0.05, 0.1) is 30.7 Å². The molecule has 0 amide bonds. The third kappa shape index (κ3) is 11.3. The number of guanidine groups is 1. The maximum absolute atomic E-state index is 13.2. The van der Waals surface area contributed by atoms with E-state index >= 15 is 0 Å². The molecule has 5 N–H and O–H groups in total. The van der Waals surface area contributed by atoms with Crippen molar-refractivity contribution in [2.45, 2.75) is 52.3 Å². The normalized spacial score (nSPS) is 16.7. The second kappa shape index (κ2) is 15.7. The molecule has 1 saturated heterocycles. The summed E-state index contributed by atoms with van der Waals surface area (Å²) in [6.07, 6.45) is 0.722. The molecule has 0 aliphatic carbocycles. The van der Waals surface area contributed by atoms with Gasteiger partial charge in [-0.1, -0.05) is 26.0 Å². The van der Waals surface area contributed by atoms with E-state index in [0.717, 1.165) is 55.6 Å². The Kier molecular flexibility index (Phi) is 12.7. The first-order valence-corrected chi connectivity index (χ1v) is 12.5. The molecule has 38 heavy (non-hydrogen) atoms. The predicted octanol–water partition coefficient (Wildman–Crippen LogP) is 5.99. The fourth-order valence-electron chi connectivity index (χ4n) is 3.36. The predicted molar refractivity (Wildman–Crippen MR) is 145 cm³/mol. The van der Waals surface area contributed by atoms with E-state index < -0.39 is 11.7 Å². The Balaban J connectivity index is 0.000000538. The fraction of sp³-hybridized carbons (Fsp3) is 0.407. The smallest absolute Gasteiger partial charge is 0.376 e. The van der Waals surface area contributed by atoms with Crippen LogP contribution in [0.1, 0.15) is 49.8 Å². The van der Waals surface area contributed by atoms with Crippen LogP contribution in [0.25, 0.3) is 0 Å². The highest BCUT2D eigenvalue weighted by molar-refractivity contribution is 5.85. The zero-order valence-electron chi connectivity index (χ0n) is 21.9. The van der Waals surface area contributed by atoms with Gasteiger partial charge in [-0.15, -0.1) is 0 Å². The number of hydrogen-bond donors (Lipinski definition) is 4. The van der Waals surface area contributed by atoms with Gasteiger partial charge < -0.3 is 21.1 Å². The number of hydrazone groups is 1. The number of hydrogen-bond acceptors (Lipinski definition) is 5. The number of morpholine rings is 1. The summed E-state index contributed by atoms with van der Waals surface area (Å²) < 4.78 is 57.1. The minimum atomic E-state index is -4.40. The van der Waals surface area contributed by atoms with Gasteiger partial charge in [0.2, 0.25) is 5.96 Å². The Morgan fingerprint density at radius 3 is 2.55 bits per heavy atom. The minimum absolute atomic E-state index is 0.0574. The number of anilines is 2. The van der Waals surface area contributed by atoms with Gasteiger partial charge in [-0.25, -0.2) is 14.8 Å². The highest BCUT2D eigenvalue weighted by Gasteiger charge is 2.30. The van der Waals surface area contributed by atoms with Gasteiger partial charge in [0.25, 0.3) is 0 Å². The van der Waals surface area contributed by atoms with Crippen LogP contribution in [0, 0.1) is 6.92 Å². The van der Waals surface area contributed by atoms with Crippen molar-refractivity contribution < 1.29 is 22.3 Å². The number of aryl methyl sites for hydroxylation is 1. The van der Waals surface area contributed by atoms with Crippen LogP contribution in [0.4, 0.5) is 28.9 Å². The molecule has 1 fully saturated rings. The number of rotatable bonds is 8. The Labute approximate surface area is 221 Å². The topological polar surface area (TPSA) is 96.1 Å². The Hall–Kier alpha value is -3.44. The van der Waals surface area contributed by atoms with Crippen molar-refractivity contribution in [3.05, 3.63) is 71.2 Å². The summed E-state index contributed by atoms with van der Waals surface area (Å²) in [6, 6.07) is 10.2. The van der Waals surface area contributed by atoms with Crippen LogP contribution in [0.5, 0.6) is 0 Å². The summed E-state index contributed by atoms with van der Waals surface area (Å²) in [4.78, 5) is 3.72. The first-order valence-electron chi connectivity index (χ1n) is 12.5. The SMILES string of the molecule is CCC/C(F)=C\N=C(N)N/N=C/c1ccc(Nc2cccc(C(F)(F)F)c2)cc1C.CCC1CNCCO1. The molecule has 1 aliphatic rings. The van der Waals surface area contributed by atoms with Gasteiger partial charge in [-0.2, -0.15) is 18.3 Å². The van der Waals surface area contributed by atoms with Crippen molar-refractivity contribution in [3.8, 4) is 0 Å². The van der Waals surface area contributed by atoms with E-state index in [1.807, 2.05) is 13.8 Å². The number of benzene rings is 2. The third-order valence-electron chi connectivity index (χ3n) is 5.42. The summed E-state index contributed by atoms with van der Waals surface area (Å²) in [7, 11) is 0. The lowest BCUT2D eigenvalue weighted by Crippen LogP contribution is -2.37. The van der Waals surface area contributed by atoms with Crippen LogP contribution in [0.15, 0.2) is 64.6 Å². The molecule has 0 saturated carbocycles. The summed E-state index contributed by atoms with van der Waals surface area (Å²) in [5.41, 5.74) is 9.94. The lowest BCUT2D eigenvalue weighted by molar-refractivity contribution is -0.137. The molecule has 1 atom stereocenters. The average molecular weight is 537 g/mol. The average Bonchev–Trinajstić information content (AvgIpc) is 2.89. The van der Waals surface area contributed by atoms with Crippen molar-refractivity contribution in [1.82, 2.24) is 10.7 Å². The zero-order chi connectivity index (χ0) is 28.0.